The van der Waals surface area contributed by atoms with Gasteiger partial charge in [0.1, 0.15) is 22.7 Å². The molecule has 2 rings (SSSR count). The van der Waals surface area contributed by atoms with Crippen molar-refractivity contribution in [2.75, 3.05) is 0 Å². The predicted octanol–water partition coefficient (Wildman–Crippen LogP) is 1.60. The number of nitrogens with zero attached hydrogens (tertiary/aromatic N) is 2. The Bertz CT molecular complexity index is 749. The number of rotatable bonds is 6. The van der Waals surface area contributed by atoms with Gasteiger partial charge in [0.2, 0.25) is 10.0 Å². The molecule has 0 bridgehead atoms. The molecular weight excluding hydrogens is 350 g/mol. The van der Waals surface area contributed by atoms with Crippen LogP contribution in [0.15, 0.2) is 35.2 Å². The molecule has 0 aliphatic carbocycles. The summed E-state index contributed by atoms with van der Waals surface area (Å²) in [7, 11) is -3.79. The fraction of sp³-hybridized carbons (Fsp3) is 0.250. The van der Waals surface area contributed by atoms with Crippen LogP contribution in [0.5, 0.6) is 0 Å². The van der Waals surface area contributed by atoms with E-state index in [0.29, 0.717) is 10.0 Å². The first kappa shape index (κ1) is 16.8. The Morgan fingerprint density at radius 3 is 2.68 bits per heavy atom. The summed E-state index contributed by atoms with van der Waals surface area (Å²) in [6, 6.07) is 6.70. The molecule has 22 heavy (non-hydrogen) atoms. The molecule has 0 saturated carbocycles. The van der Waals surface area contributed by atoms with Crippen molar-refractivity contribution in [1.29, 1.82) is 0 Å². The van der Waals surface area contributed by atoms with Gasteiger partial charge in [0.25, 0.3) is 0 Å². The number of esters is 1. The number of sulfonamides is 1. The second-order valence-electron chi connectivity index (χ2n) is 4.26. The number of carbonyl (C=O) groups excluding carboxylic acids is 1. The Morgan fingerprint density at radius 2 is 2.09 bits per heavy atom. The highest BCUT2D eigenvalue weighted by atomic mass is 35.5. The third-order valence-corrected chi connectivity index (χ3v) is 5.14. The first-order chi connectivity index (χ1) is 10.4. The minimum atomic E-state index is -3.79. The van der Waals surface area contributed by atoms with Crippen LogP contribution in [0.3, 0.4) is 0 Å². The van der Waals surface area contributed by atoms with E-state index in [4.69, 9.17) is 16.3 Å². The highest BCUT2D eigenvalue weighted by Crippen LogP contribution is 2.18. The third-order valence-electron chi connectivity index (χ3n) is 2.60. The van der Waals surface area contributed by atoms with Crippen LogP contribution in [0.2, 0.25) is 4.34 Å². The molecule has 118 valence electrons. The standard InChI is InChI=1S/C12H12ClN3O4S2/c1-8(12(17)20-7-10-11(13)21-16-14-10)15-22(18,19)9-5-3-2-4-6-9/h2-6,8,15H,7H2,1H3/t8-/m0/s1. The van der Waals surface area contributed by atoms with Gasteiger partial charge in [-0.2, -0.15) is 4.72 Å². The number of carbonyl (C=O) groups is 1. The Kier molecular flexibility index (Phi) is 5.46. The van der Waals surface area contributed by atoms with E-state index >= 15 is 0 Å². The summed E-state index contributed by atoms with van der Waals surface area (Å²) < 4.78 is 35.3. The molecule has 1 atom stereocenters. The second kappa shape index (κ2) is 7.14. The quantitative estimate of drug-likeness (QED) is 0.785. The highest BCUT2D eigenvalue weighted by Gasteiger charge is 2.23. The largest absolute Gasteiger partial charge is 0.458 e. The lowest BCUT2D eigenvalue weighted by atomic mass is 10.4. The van der Waals surface area contributed by atoms with Crippen LogP contribution in [0, 0.1) is 0 Å². The number of halogens is 1. The molecule has 0 saturated heterocycles. The van der Waals surface area contributed by atoms with Crippen molar-refractivity contribution in [3.05, 3.63) is 40.4 Å². The van der Waals surface area contributed by atoms with E-state index in [0.717, 1.165) is 11.5 Å². The lowest BCUT2D eigenvalue weighted by Crippen LogP contribution is -2.39. The van der Waals surface area contributed by atoms with Crippen molar-refractivity contribution in [2.24, 2.45) is 0 Å². The Balaban J connectivity index is 1.95. The molecule has 0 spiro atoms. The summed E-state index contributed by atoms with van der Waals surface area (Å²) in [5, 5.41) is 3.69. The van der Waals surface area contributed by atoms with Crippen LogP contribution in [0.4, 0.5) is 0 Å². The fourth-order valence-electron chi connectivity index (χ4n) is 1.50. The van der Waals surface area contributed by atoms with E-state index in [-0.39, 0.29) is 11.5 Å². The van der Waals surface area contributed by atoms with Gasteiger partial charge in [-0.25, -0.2) is 8.42 Å². The molecule has 1 heterocycles. The van der Waals surface area contributed by atoms with Crippen LogP contribution in [0.1, 0.15) is 12.6 Å². The number of hydrogen-bond donors (Lipinski definition) is 1. The maximum absolute atomic E-state index is 12.1. The van der Waals surface area contributed by atoms with Gasteiger partial charge in [-0.15, -0.1) is 5.10 Å². The zero-order valence-electron chi connectivity index (χ0n) is 11.4. The van der Waals surface area contributed by atoms with Crippen LogP contribution in [0.25, 0.3) is 0 Å². The molecule has 0 aliphatic rings. The lowest BCUT2D eigenvalue weighted by Gasteiger charge is -2.13. The average Bonchev–Trinajstić information content (AvgIpc) is 2.90. The Hall–Kier alpha value is -1.55. The summed E-state index contributed by atoms with van der Waals surface area (Å²) in [4.78, 5) is 11.9. The fourth-order valence-corrected chi connectivity index (χ4v) is 3.31. The number of hydrogen-bond acceptors (Lipinski definition) is 7. The van der Waals surface area contributed by atoms with E-state index in [1.54, 1.807) is 18.2 Å². The van der Waals surface area contributed by atoms with Gasteiger partial charge >= 0.3 is 5.97 Å². The summed E-state index contributed by atoms with van der Waals surface area (Å²) in [5.74, 6) is -0.733. The second-order valence-corrected chi connectivity index (χ2v) is 7.33. The van der Waals surface area contributed by atoms with E-state index in [9.17, 15) is 13.2 Å². The first-order valence-electron chi connectivity index (χ1n) is 6.11. The molecule has 0 amide bonds. The first-order valence-corrected chi connectivity index (χ1v) is 8.74. The molecule has 2 aromatic rings. The van der Waals surface area contributed by atoms with Gasteiger partial charge < -0.3 is 4.74 Å². The third kappa shape index (κ3) is 4.23. The average molecular weight is 362 g/mol. The normalized spacial score (nSPS) is 12.8. The Morgan fingerprint density at radius 1 is 1.41 bits per heavy atom. The molecule has 7 nitrogen and oxygen atoms in total. The van der Waals surface area contributed by atoms with Gasteiger partial charge in [0.05, 0.1) is 4.90 Å². The monoisotopic (exact) mass is 361 g/mol. The van der Waals surface area contributed by atoms with E-state index in [1.165, 1.54) is 19.1 Å². The molecule has 0 unspecified atom stereocenters. The van der Waals surface area contributed by atoms with Crippen molar-refractivity contribution in [3.8, 4) is 0 Å². The number of benzene rings is 1. The lowest BCUT2D eigenvalue weighted by molar-refractivity contribution is -0.146. The van der Waals surface area contributed by atoms with Gasteiger partial charge in [-0.1, -0.05) is 34.3 Å². The molecule has 0 fully saturated rings. The zero-order chi connectivity index (χ0) is 16.2. The van der Waals surface area contributed by atoms with Gasteiger partial charge in [0.15, 0.2) is 0 Å². The van der Waals surface area contributed by atoms with E-state index in [1.807, 2.05) is 0 Å². The zero-order valence-corrected chi connectivity index (χ0v) is 13.8. The van der Waals surface area contributed by atoms with Crippen molar-refractivity contribution >= 4 is 39.1 Å². The number of aromatic nitrogens is 2. The van der Waals surface area contributed by atoms with E-state index in [2.05, 4.69) is 14.3 Å². The summed E-state index contributed by atoms with van der Waals surface area (Å²) in [6.45, 7) is 1.23. The van der Waals surface area contributed by atoms with Crippen molar-refractivity contribution in [3.63, 3.8) is 0 Å². The maximum Gasteiger partial charge on any atom is 0.324 e. The smallest absolute Gasteiger partial charge is 0.324 e. The SMILES string of the molecule is C[C@H](NS(=O)(=O)c1ccccc1)C(=O)OCc1nnsc1Cl. The van der Waals surface area contributed by atoms with Crippen molar-refractivity contribution in [2.45, 2.75) is 24.5 Å². The summed E-state index contributed by atoms with van der Waals surface area (Å²) in [5.41, 5.74) is 0.332. The molecule has 10 heteroatoms. The molecule has 1 aromatic heterocycles. The van der Waals surface area contributed by atoms with Gasteiger partial charge in [0, 0.05) is 11.5 Å². The minimum Gasteiger partial charge on any atom is -0.458 e. The van der Waals surface area contributed by atoms with E-state index < -0.39 is 22.0 Å². The molecule has 1 N–H and O–H groups in total. The van der Waals surface area contributed by atoms with Crippen LogP contribution >= 0.6 is 23.1 Å². The van der Waals surface area contributed by atoms with Crippen LogP contribution in [-0.4, -0.2) is 30.0 Å². The minimum absolute atomic E-state index is 0.0707. The Labute approximate surface area is 136 Å². The van der Waals surface area contributed by atoms with Crippen LogP contribution < -0.4 is 4.72 Å². The topological polar surface area (TPSA) is 98.2 Å². The van der Waals surface area contributed by atoms with Crippen LogP contribution in [-0.2, 0) is 26.2 Å². The van der Waals surface area contributed by atoms with Gasteiger partial charge in [-0.05, 0) is 19.1 Å². The summed E-state index contributed by atoms with van der Waals surface area (Å²) >= 11 is 6.75. The summed E-state index contributed by atoms with van der Waals surface area (Å²) in [6.07, 6.45) is 0. The number of nitrogens with one attached hydrogen (secondary N) is 1. The van der Waals surface area contributed by atoms with Crippen molar-refractivity contribution in [1.82, 2.24) is 14.3 Å². The maximum atomic E-state index is 12.1. The predicted molar refractivity (Wildman–Crippen MR) is 80.9 cm³/mol. The molecule has 0 radical (unpaired) electrons. The number of ether oxygens (including phenoxy) is 1. The molecule has 0 aliphatic heterocycles. The molecule has 1 aromatic carbocycles. The van der Waals surface area contributed by atoms with Crippen molar-refractivity contribution < 1.29 is 17.9 Å². The molecular formula is C12H12ClN3O4S2. The van der Waals surface area contributed by atoms with Gasteiger partial charge in [-0.3, -0.25) is 4.79 Å². The highest BCUT2D eigenvalue weighted by molar-refractivity contribution is 7.89.